The first-order valence-electron chi connectivity index (χ1n) is 4.15. The molecule has 0 saturated carbocycles. The Morgan fingerprint density at radius 3 is 2.60 bits per heavy atom. The summed E-state index contributed by atoms with van der Waals surface area (Å²) in [4.78, 5) is 29.0. The summed E-state index contributed by atoms with van der Waals surface area (Å²) in [5.41, 5.74) is 5.32. The molecule has 0 radical (unpaired) electrons. The molecule has 0 aliphatic heterocycles. The van der Waals surface area contributed by atoms with Gasteiger partial charge in [-0.1, -0.05) is 0 Å². The molecule has 0 spiro atoms. The molecule has 4 N–H and O–H groups in total. The summed E-state index contributed by atoms with van der Waals surface area (Å²) in [6.45, 7) is 0. The molecule has 1 unspecified atom stereocenters. The average molecular weight is 210 g/mol. The SMILES string of the molecule is NC(CC(=O)O)C(=O)Nc1ncccn1. The number of carbonyl (C=O) groups excluding carboxylic acids is 1. The third-order valence-electron chi connectivity index (χ3n) is 1.53. The Labute approximate surface area is 85.3 Å². The van der Waals surface area contributed by atoms with E-state index in [4.69, 9.17) is 10.8 Å². The molecule has 7 nitrogen and oxygen atoms in total. The third kappa shape index (κ3) is 3.69. The Hall–Kier alpha value is -2.02. The molecule has 1 amide bonds. The van der Waals surface area contributed by atoms with Gasteiger partial charge in [0, 0.05) is 12.4 Å². The number of nitrogens with two attached hydrogens (primary N) is 1. The maximum Gasteiger partial charge on any atom is 0.305 e. The number of nitrogens with zero attached hydrogens (tertiary/aromatic N) is 2. The minimum Gasteiger partial charge on any atom is -0.481 e. The van der Waals surface area contributed by atoms with Gasteiger partial charge in [-0.05, 0) is 6.07 Å². The molecule has 1 aromatic heterocycles. The molecule has 0 aromatic carbocycles. The van der Waals surface area contributed by atoms with E-state index in [1.165, 1.54) is 12.4 Å². The number of nitrogens with one attached hydrogen (secondary N) is 1. The largest absolute Gasteiger partial charge is 0.481 e. The fourth-order valence-electron chi connectivity index (χ4n) is 0.847. The highest BCUT2D eigenvalue weighted by atomic mass is 16.4. The number of amides is 1. The predicted molar refractivity (Wildman–Crippen MR) is 50.9 cm³/mol. The molecule has 0 fully saturated rings. The topological polar surface area (TPSA) is 118 Å². The van der Waals surface area contributed by atoms with E-state index >= 15 is 0 Å². The lowest BCUT2D eigenvalue weighted by atomic mass is 10.2. The van der Waals surface area contributed by atoms with Crippen molar-refractivity contribution in [2.75, 3.05) is 5.32 Å². The smallest absolute Gasteiger partial charge is 0.305 e. The van der Waals surface area contributed by atoms with Crippen molar-refractivity contribution < 1.29 is 14.7 Å². The van der Waals surface area contributed by atoms with E-state index in [-0.39, 0.29) is 5.95 Å². The molecule has 0 saturated heterocycles. The maximum atomic E-state index is 11.3. The summed E-state index contributed by atoms with van der Waals surface area (Å²) in [6.07, 6.45) is 2.47. The van der Waals surface area contributed by atoms with Gasteiger partial charge in [0.15, 0.2) is 0 Å². The first-order chi connectivity index (χ1) is 7.09. The Balaban J connectivity index is 2.52. The van der Waals surface area contributed by atoms with Gasteiger partial charge in [0.2, 0.25) is 11.9 Å². The van der Waals surface area contributed by atoms with E-state index in [0.29, 0.717) is 0 Å². The molecule has 80 valence electrons. The normalized spacial score (nSPS) is 11.8. The lowest BCUT2D eigenvalue weighted by Gasteiger charge is -2.08. The van der Waals surface area contributed by atoms with E-state index in [9.17, 15) is 9.59 Å². The predicted octanol–water partition coefficient (Wildman–Crippen LogP) is -0.783. The molecule has 1 atom stereocenters. The summed E-state index contributed by atoms with van der Waals surface area (Å²) in [5, 5.41) is 10.7. The van der Waals surface area contributed by atoms with Crippen LogP contribution in [0, 0.1) is 0 Å². The zero-order chi connectivity index (χ0) is 11.3. The Morgan fingerprint density at radius 1 is 1.47 bits per heavy atom. The van der Waals surface area contributed by atoms with Crippen molar-refractivity contribution in [3.8, 4) is 0 Å². The van der Waals surface area contributed by atoms with Crippen molar-refractivity contribution >= 4 is 17.8 Å². The number of aromatic nitrogens is 2. The lowest BCUT2D eigenvalue weighted by Crippen LogP contribution is -2.37. The van der Waals surface area contributed by atoms with Crippen LogP contribution >= 0.6 is 0 Å². The lowest BCUT2D eigenvalue weighted by molar-refractivity contribution is -0.138. The second kappa shape index (κ2) is 5.01. The van der Waals surface area contributed by atoms with Gasteiger partial charge in [-0.3, -0.25) is 14.9 Å². The van der Waals surface area contributed by atoms with Crippen molar-refractivity contribution in [3.63, 3.8) is 0 Å². The van der Waals surface area contributed by atoms with Gasteiger partial charge in [0.1, 0.15) is 0 Å². The van der Waals surface area contributed by atoms with E-state index in [0.717, 1.165) is 0 Å². The van der Waals surface area contributed by atoms with Crippen LogP contribution in [0.1, 0.15) is 6.42 Å². The van der Waals surface area contributed by atoms with E-state index in [2.05, 4.69) is 15.3 Å². The zero-order valence-corrected chi connectivity index (χ0v) is 7.75. The summed E-state index contributed by atoms with van der Waals surface area (Å²) in [6, 6.07) is 0.485. The van der Waals surface area contributed by atoms with Crippen molar-refractivity contribution in [3.05, 3.63) is 18.5 Å². The monoisotopic (exact) mass is 210 g/mol. The molecule has 0 aliphatic carbocycles. The summed E-state index contributed by atoms with van der Waals surface area (Å²) in [7, 11) is 0. The number of hydrogen-bond donors (Lipinski definition) is 3. The number of carboxylic acid groups (broad SMARTS) is 1. The highest BCUT2D eigenvalue weighted by Gasteiger charge is 2.17. The van der Waals surface area contributed by atoms with Crippen LogP contribution in [0.5, 0.6) is 0 Å². The standard InChI is InChI=1S/C8H10N4O3/c9-5(4-6(13)14)7(15)12-8-10-2-1-3-11-8/h1-3,5H,4,9H2,(H,13,14)(H,10,11,12,15). The van der Waals surface area contributed by atoms with Crippen molar-refractivity contribution in [2.24, 2.45) is 5.73 Å². The van der Waals surface area contributed by atoms with Crippen LogP contribution in [0.3, 0.4) is 0 Å². The van der Waals surface area contributed by atoms with E-state index in [1.807, 2.05) is 0 Å². The second-order valence-corrected chi connectivity index (χ2v) is 2.77. The van der Waals surface area contributed by atoms with Crippen LogP contribution in [0.4, 0.5) is 5.95 Å². The number of carboxylic acids is 1. The fraction of sp³-hybridized carbons (Fsp3) is 0.250. The zero-order valence-electron chi connectivity index (χ0n) is 7.75. The molecule has 15 heavy (non-hydrogen) atoms. The van der Waals surface area contributed by atoms with E-state index in [1.54, 1.807) is 6.07 Å². The van der Waals surface area contributed by atoms with Gasteiger partial charge in [-0.15, -0.1) is 0 Å². The Morgan fingerprint density at radius 2 is 2.07 bits per heavy atom. The Kier molecular flexibility index (Phi) is 3.69. The summed E-state index contributed by atoms with van der Waals surface area (Å²) >= 11 is 0. The fourth-order valence-corrected chi connectivity index (χ4v) is 0.847. The average Bonchev–Trinajstić information content (AvgIpc) is 2.18. The van der Waals surface area contributed by atoms with Crippen molar-refractivity contribution in [1.29, 1.82) is 0 Å². The van der Waals surface area contributed by atoms with Gasteiger partial charge in [-0.25, -0.2) is 9.97 Å². The molecule has 0 bridgehead atoms. The highest BCUT2D eigenvalue weighted by Crippen LogP contribution is 1.97. The van der Waals surface area contributed by atoms with Crippen LogP contribution in [0.25, 0.3) is 0 Å². The number of anilines is 1. The number of aliphatic carboxylic acids is 1. The first-order valence-corrected chi connectivity index (χ1v) is 4.15. The Bertz CT molecular complexity index is 354. The highest BCUT2D eigenvalue weighted by molar-refractivity contribution is 5.95. The van der Waals surface area contributed by atoms with Crippen LogP contribution < -0.4 is 11.1 Å². The molecular formula is C8H10N4O3. The molecular weight excluding hydrogens is 200 g/mol. The first kappa shape index (κ1) is 11.1. The minimum absolute atomic E-state index is 0.100. The van der Waals surface area contributed by atoms with Gasteiger partial charge in [-0.2, -0.15) is 0 Å². The minimum atomic E-state index is -1.13. The number of rotatable bonds is 4. The summed E-state index contributed by atoms with van der Waals surface area (Å²) < 4.78 is 0. The van der Waals surface area contributed by atoms with Crippen LogP contribution in [-0.4, -0.2) is 33.0 Å². The van der Waals surface area contributed by atoms with Gasteiger partial charge >= 0.3 is 5.97 Å². The molecule has 1 rings (SSSR count). The molecule has 7 heteroatoms. The maximum absolute atomic E-state index is 11.3. The number of carbonyl (C=O) groups is 2. The molecule has 0 aliphatic rings. The van der Waals surface area contributed by atoms with Gasteiger partial charge in [0.25, 0.3) is 0 Å². The van der Waals surface area contributed by atoms with Gasteiger partial charge < -0.3 is 10.8 Å². The van der Waals surface area contributed by atoms with Crippen LogP contribution in [0.2, 0.25) is 0 Å². The van der Waals surface area contributed by atoms with E-state index < -0.39 is 24.3 Å². The van der Waals surface area contributed by atoms with Crippen LogP contribution in [0.15, 0.2) is 18.5 Å². The molecule has 1 heterocycles. The van der Waals surface area contributed by atoms with Crippen LogP contribution in [-0.2, 0) is 9.59 Å². The summed E-state index contributed by atoms with van der Waals surface area (Å²) in [5.74, 6) is -1.65. The number of hydrogen-bond acceptors (Lipinski definition) is 5. The third-order valence-corrected chi connectivity index (χ3v) is 1.53. The second-order valence-electron chi connectivity index (χ2n) is 2.77. The van der Waals surface area contributed by atoms with Gasteiger partial charge in [0.05, 0.1) is 12.5 Å². The molecule has 1 aromatic rings. The van der Waals surface area contributed by atoms with Crippen molar-refractivity contribution in [1.82, 2.24) is 9.97 Å². The van der Waals surface area contributed by atoms with Crippen molar-refractivity contribution in [2.45, 2.75) is 12.5 Å². The quantitative estimate of drug-likeness (QED) is 0.599.